The van der Waals surface area contributed by atoms with Crippen LogP contribution in [0.1, 0.15) is 5.56 Å². The van der Waals surface area contributed by atoms with Gasteiger partial charge >= 0.3 is 11.9 Å². The van der Waals surface area contributed by atoms with Gasteiger partial charge in [0, 0.05) is 25.2 Å². The standard InChI is InChI=1S/C15H19NO4/c1-16(12-13-6-4-3-5-7-13)10-11-20-15(18)9-8-14(17)19-2/h3-9H,10-12H2,1-2H3/b9-8+. The third-order valence-corrected chi connectivity index (χ3v) is 2.57. The Labute approximate surface area is 118 Å². The second kappa shape index (κ2) is 8.87. The predicted molar refractivity (Wildman–Crippen MR) is 74.9 cm³/mol. The Bertz CT molecular complexity index is 456. The van der Waals surface area contributed by atoms with E-state index in [2.05, 4.69) is 4.74 Å². The van der Waals surface area contributed by atoms with Gasteiger partial charge in [-0.2, -0.15) is 0 Å². The molecule has 0 aromatic heterocycles. The van der Waals surface area contributed by atoms with Crippen molar-refractivity contribution in [2.75, 3.05) is 27.3 Å². The summed E-state index contributed by atoms with van der Waals surface area (Å²) in [7, 11) is 3.20. The Morgan fingerprint density at radius 3 is 2.45 bits per heavy atom. The van der Waals surface area contributed by atoms with Gasteiger partial charge in [0.15, 0.2) is 0 Å². The fourth-order valence-electron chi connectivity index (χ4n) is 1.53. The third-order valence-electron chi connectivity index (χ3n) is 2.57. The molecule has 108 valence electrons. The maximum atomic E-state index is 11.3. The number of hydrogen-bond acceptors (Lipinski definition) is 5. The minimum absolute atomic E-state index is 0.272. The first-order valence-electron chi connectivity index (χ1n) is 6.27. The van der Waals surface area contributed by atoms with Gasteiger partial charge in [-0.3, -0.25) is 4.90 Å². The van der Waals surface area contributed by atoms with Gasteiger partial charge in [-0.1, -0.05) is 30.3 Å². The van der Waals surface area contributed by atoms with E-state index in [0.29, 0.717) is 6.54 Å². The van der Waals surface area contributed by atoms with Crippen LogP contribution in [0, 0.1) is 0 Å². The summed E-state index contributed by atoms with van der Waals surface area (Å²) in [6.45, 7) is 1.68. The molecule has 0 saturated heterocycles. The van der Waals surface area contributed by atoms with Gasteiger partial charge in [0.1, 0.15) is 6.61 Å². The molecule has 0 heterocycles. The molecule has 0 radical (unpaired) electrons. The zero-order valence-electron chi connectivity index (χ0n) is 11.7. The van der Waals surface area contributed by atoms with Gasteiger partial charge in [0.2, 0.25) is 0 Å². The van der Waals surface area contributed by atoms with Gasteiger partial charge < -0.3 is 9.47 Å². The number of rotatable bonds is 7. The fourth-order valence-corrected chi connectivity index (χ4v) is 1.53. The highest BCUT2D eigenvalue weighted by atomic mass is 16.5. The molecule has 0 atom stereocenters. The number of likely N-dealkylation sites (N-methyl/N-ethyl adjacent to an activating group) is 1. The number of nitrogens with zero attached hydrogens (tertiary/aromatic N) is 1. The summed E-state index contributed by atoms with van der Waals surface area (Å²) in [4.78, 5) is 24.1. The van der Waals surface area contributed by atoms with Crippen LogP contribution in [-0.4, -0.2) is 44.1 Å². The topological polar surface area (TPSA) is 55.8 Å². The molecule has 1 rings (SSSR count). The molecule has 0 saturated carbocycles. The van der Waals surface area contributed by atoms with Crippen molar-refractivity contribution in [2.45, 2.75) is 6.54 Å². The molecule has 1 aromatic carbocycles. The lowest BCUT2D eigenvalue weighted by atomic mass is 10.2. The molecule has 0 spiro atoms. The van der Waals surface area contributed by atoms with E-state index in [1.807, 2.05) is 42.3 Å². The average molecular weight is 277 g/mol. The smallest absolute Gasteiger partial charge is 0.331 e. The van der Waals surface area contributed by atoms with E-state index in [-0.39, 0.29) is 6.61 Å². The molecular formula is C15H19NO4. The molecule has 0 aliphatic rings. The highest BCUT2D eigenvalue weighted by molar-refractivity contribution is 5.91. The van der Waals surface area contributed by atoms with Crippen LogP contribution in [0.5, 0.6) is 0 Å². The van der Waals surface area contributed by atoms with Crippen LogP contribution in [0.15, 0.2) is 42.5 Å². The summed E-state index contributed by atoms with van der Waals surface area (Å²) in [5.41, 5.74) is 1.20. The zero-order valence-corrected chi connectivity index (χ0v) is 11.7. The van der Waals surface area contributed by atoms with Gasteiger partial charge in [0.05, 0.1) is 7.11 Å². The van der Waals surface area contributed by atoms with Gasteiger partial charge in [0.25, 0.3) is 0 Å². The molecule has 0 N–H and O–H groups in total. The predicted octanol–water partition coefficient (Wildman–Crippen LogP) is 1.39. The first kappa shape index (κ1) is 15.9. The summed E-state index contributed by atoms with van der Waals surface area (Å²) in [6.07, 6.45) is 2.10. The van der Waals surface area contributed by atoms with Gasteiger partial charge in [-0.25, -0.2) is 9.59 Å². The molecule has 0 fully saturated rings. The highest BCUT2D eigenvalue weighted by Crippen LogP contribution is 2.02. The monoisotopic (exact) mass is 277 g/mol. The Kier molecular flexibility index (Phi) is 7.06. The SMILES string of the molecule is COC(=O)/C=C/C(=O)OCCN(C)Cc1ccccc1. The number of hydrogen-bond donors (Lipinski definition) is 0. The maximum absolute atomic E-state index is 11.3. The van der Waals surface area contributed by atoms with Crippen molar-refractivity contribution in [1.82, 2.24) is 4.90 Å². The normalized spacial score (nSPS) is 10.8. The summed E-state index contributed by atoms with van der Waals surface area (Å²) < 4.78 is 9.34. The van der Waals surface area contributed by atoms with E-state index in [4.69, 9.17) is 4.74 Å². The molecule has 20 heavy (non-hydrogen) atoms. The lowest BCUT2D eigenvalue weighted by Crippen LogP contribution is -2.23. The van der Waals surface area contributed by atoms with Crippen molar-refractivity contribution in [1.29, 1.82) is 0 Å². The Balaban J connectivity index is 2.22. The molecule has 5 nitrogen and oxygen atoms in total. The van der Waals surface area contributed by atoms with Crippen LogP contribution in [0.3, 0.4) is 0 Å². The third kappa shape index (κ3) is 6.70. The van der Waals surface area contributed by atoms with Crippen LogP contribution >= 0.6 is 0 Å². The van der Waals surface area contributed by atoms with E-state index in [0.717, 1.165) is 18.7 Å². The number of carbonyl (C=O) groups is 2. The Morgan fingerprint density at radius 1 is 1.15 bits per heavy atom. The fraction of sp³-hybridized carbons (Fsp3) is 0.333. The summed E-state index contributed by atoms with van der Waals surface area (Å²) in [6, 6.07) is 10.0. The van der Waals surface area contributed by atoms with E-state index >= 15 is 0 Å². The van der Waals surface area contributed by atoms with Crippen LogP contribution in [0.25, 0.3) is 0 Å². The molecule has 0 amide bonds. The molecule has 0 bridgehead atoms. The highest BCUT2D eigenvalue weighted by Gasteiger charge is 2.03. The van der Waals surface area contributed by atoms with Crippen molar-refractivity contribution in [2.24, 2.45) is 0 Å². The molecule has 5 heteroatoms. The molecule has 0 aliphatic heterocycles. The van der Waals surface area contributed by atoms with E-state index in [1.165, 1.54) is 12.7 Å². The quantitative estimate of drug-likeness (QED) is 0.557. The minimum atomic E-state index is -0.580. The number of carbonyl (C=O) groups excluding carboxylic acids is 2. The Hall–Kier alpha value is -2.14. The lowest BCUT2D eigenvalue weighted by Gasteiger charge is -2.16. The second-order valence-corrected chi connectivity index (χ2v) is 4.25. The van der Waals surface area contributed by atoms with Crippen LogP contribution in [-0.2, 0) is 25.6 Å². The van der Waals surface area contributed by atoms with Crippen LogP contribution < -0.4 is 0 Å². The Morgan fingerprint density at radius 2 is 1.80 bits per heavy atom. The first-order chi connectivity index (χ1) is 9.61. The van der Waals surface area contributed by atoms with E-state index in [1.54, 1.807) is 0 Å². The molecular weight excluding hydrogens is 258 g/mol. The average Bonchev–Trinajstić information content (AvgIpc) is 2.45. The molecule has 0 aliphatic carbocycles. The van der Waals surface area contributed by atoms with Crippen molar-refractivity contribution in [3.05, 3.63) is 48.0 Å². The maximum Gasteiger partial charge on any atom is 0.331 e. The largest absolute Gasteiger partial charge is 0.466 e. The summed E-state index contributed by atoms with van der Waals surface area (Å²) in [5.74, 6) is -1.13. The van der Waals surface area contributed by atoms with Crippen molar-refractivity contribution >= 4 is 11.9 Å². The van der Waals surface area contributed by atoms with Gasteiger partial charge in [-0.05, 0) is 12.6 Å². The number of methoxy groups -OCH3 is 1. The lowest BCUT2D eigenvalue weighted by molar-refractivity contribution is -0.139. The van der Waals surface area contributed by atoms with Crippen molar-refractivity contribution < 1.29 is 19.1 Å². The molecule has 1 aromatic rings. The zero-order chi connectivity index (χ0) is 14.8. The number of esters is 2. The van der Waals surface area contributed by atoms with Crippen LogP contribution in [0.2, 0.25) is 0 Å². The van der Waals surface area contributed by atoms with Gasteiger partial charge in [-0.15, -0.1) is 0 Å². The van der Waals surface area contributed by atoms with Crippen molar-refractivity contribution in [3.63, 3.8) is 0 Å². The summed E-state index contributed by atoms with van der Waals surface area (Å²) >= 11 is 0. The minimum Gasteiger partial charge on any atom is -0.466 e. The molecule has 0 unspecified atom stereocenters. The summed E-state index contributed by atoms with van der Waals surface area (Å²) in [5, 5.41) is 0. The van der Waals surface area contributed by atoms with E-state index < -0.39 is 11.9 Å². The first-order valence-corrected chi connectivity index (χ1v) is 6.27. The second-order valence-electron chi connectivity index (χ2n) is 4.25. The van der Waals surface area contributed by atoms with Crippen LogP contribution in [0.4, 0.5) is 0 Å². The van der Waals surface area contributed by atoms with E-state index in [9.17, 15) is 9.59 Å². The number of benzene rings is 1. The van der Waals surface area contributed by atoms with Crippen molar-refractivity contribution in [3.8, 4) is 0 Å². The number of ether oxygens (including phenoxy) is 2.